The first kappa shape index (κ1) is 59.5. The average Bonchev–Trinajstić information content (AvgIpc) is 3.25. The summed E-state index contributed by atoms with van der Waals surface area (Å²) in [6.45, 7) is 5.25. The van der Waals surface area contributed by atoms with Crippen molar-refractivity contribution in [2.75, 3.05) is 6.61 Å². The number of hydrogen-bond donors (Lipinski definition) is 0. The fourth-order valence-electron chi connectivity index (χ4n) is 9.44. The maximum atomic E-state index is 12.1. The Bertz CT molecular complexity index is 747. The van der Waals surface area contributed by atoms with Gasteiger partial charge in [0, 0.05) is 6.42 Å². The first-order valence-corrected chi connectivity index (χ1v) is 29.0. The fourth-order valence-corrected chi connectivity index (χ4v) is 9.44. The van der Waals surface area contributed by atoms with Crippen LogP contribution in [0.1, 0.15) is 361 Å². The van der Waals surface area contributed by atoms with Gasteiger partial charge in [-0.3, -0.25) is 4.79 Å². The number of hydrogen-bond acceptors (Lipinski definition) is 2. The van der Waals surface area contributed by atoms with Crippen LogP contribution in [-0.4, -0.2) is 12.6 Å². The Morgan fingerprint density at radius 2 is 0.367 bits per heavy atom. The number of carbonyl (C=O) groups excluding carboxylic acids is 1. The van der Waals surface area contributed by atoms with Crippen molar-refractivity contribution in [2.24, 2.45) is 0 Å². The predicted molar refractivity (Wildman–Crippen MR) is 272 cm³/mol. The summed E-state index contributed by atoms with van der Waals surface area (Å²) in [4.78, 5) is 12.1. The molecule has 0 aliphatic rings. The molecule has 0 bridgehead atoms. The van der Waals surface area contributed by atoms with Crippen molar-refractivity contribution < 1.29 is 9.53 Å². The van der Waals surface area contributed by atoms with Crippen molar-refractivity contribution in [3.05, 3.63) is 0 Å². The SMILES string of the molecule is CCCCCCCCCCCCCCCCCCCCCCCCCCCCCCCC(=O)OCCCCCCCCCCCCCCCCCCCCCCCCCC. The monoisotopic (exact) mass is 845 g/mol. The van der Waals surface area contributed by atoms with Gasteiger partial charge in [0.1, 0.15) is 0 Å². The van der Waals surface area contributed by atoms with Crippen molar-refractivity contribution in [3.8, 4) is 0 Å². The fraction of sp³-hybridized carbons (Fsp3) is 0.983. The molecule has 0 fully saturated rings. The molecule has 0 saturated heterocycles. The summed E-state index contributed by atoms with van der Waals surface area (Å²) in [5.41, 5.74) is 0. The molecule has 0 aromatic carbocycles. The van der Waals surface area contributed by atoms with E-state index in [0.29, 0.717) is 13.0 Å². The summed E-state index contributed by atoms with van der Waals surface area (Å²) < 4.78 is 5.52. The second kappa shape index (κ2) is 56.5. The third-order valence-electron chi connectivity index (χ3n) is 13.7. The van der Waals surface area contributed by atoms with E-state index in [2.05, 4.69) is 13.8 Å². The summed E-state index contributed by atoms with van der Waals surface area (Å²) in [7, 11) is 0. The van der Waals surface area contributed by atoms with E-state index in [4.69, 9.17) is 4.74 Å². The van der Waals surface area contributed by atoms with Crippen LogP contribution in [0.5, 0.6) is 0 Å². The van der Waals surface area contributed by atoms with E-state index < -0.39 is 0 Å². The summed E-state index contributed by atoms with van der Waals surface area (Å²) in [5, 5.41) is 0. The van der Waals surface area contributed by atoms with Crippen LogP contribution in [0, 0.1) is 0 Å². The van der Waals surface area contributed by atoms with E-state index in [0.717, 1.165) is 12.8 Å². The molecular weight excluding hydrogens is 729 g/mol. The van der Waals surface area contributed by atoms with Gasteiger partial charge in [-0.25, -0.2) is 0 Å². The summed E-state index contributed by atoms with van der Waals surface area (Å²) in [6.07, 6.45) is 75.8. The number of ether oxygens (including phenoxy) is 1. The molecule has 360 valence electrons. The largest absolute Gasteiger partial charge is 0.466 e. The average molecular weight is 846 g/mol. The third-order valence-corrected chi connectivity index (χ3v) is 13.7. The minimum Gasteiger partial charge on any atom is -0.466 e. The van der Waals surface area contributed by atoms with E-state index in [-0.39, 0.29) is 5.97 Å². The highest BCUT2D eigenvalue weighted by atomic mass is 16.5. The van der Waals surface area contributed by atoms with E-state index >= 15 is 0 Å². The number of rotatable bonds is 55. The smallest absolute Gasteiger partial charge is 0.305 e. The first-order chi connectivity index (χ1) is 29.8. The third kappa shape index (κ3) is 55.5. The molecule has 0 amide bonds. The van der Waals surface area contributed by atoms with Crippen LogP contribution >= 0.6 is 0 Å². The zero-order valence-electron chi connectivity index (χ0n) is 42.2. The second-order valence-electron chi connectivity index (χ2n) is 20.0. The van der Waals surface area contributed by atoms with Crippen molar-refractivity contribution >= 4 is 5.97 Å². The lowest BCUT2D eigenvalue weighted by atomic mass is 10.0. The quantitative estimate of drug-likeness (QED) is 0.0450. The minimum absolute atomic E-state index is 0.0362. The van der Waals surface area contributed by atoms with Gasteiger partial charge in [0.25, 0.3) is 0 Å². The molecule has 0 unspecified atom stereocenters. The van der Waals surface area contributed by atoms with Crippen LogP contribution in [0.2, 0.25) is 0 Å². The highest BCUT2D eigenvalue weighted by Gasteiger charge is 2.03. The molecule has 2 heteroatoms. The molecule has 0 rings (SSSR count). The lowest BCUT2D eigenvalue weighted by Crippen LogP contribution is -2.05. The van der Waals surface area contributed by atoms with Crippen LogP contribution in [-0.2, 0) is 9.53 Å². The van der Waals surface area contributed by atoms with Gasteiger partial charge in [-0.2, -0.15) is 0 Å². The van der Waals surface area contributed by atoms with E-state index in [1.54, 1.807) is 0 Å². The topological polar surface area (TPSA) is 26.3 Å². The number of esters is 1. The Kier molecular flexibility index (Phi) is 56.0. The maximum absolute atomic E-state index is 12.1. The molecule has 0 aromatic heterocycles. The zero-order valence-corrected chi connectivity index (χ0v) is 42.2. The molecule has 0 aromatic rings. The zero-order chi connectivity index (χ0) is 43.2. The molecule has 0 heterocycles. The van der Waals surface area contributed by atoms with Crippen LogP contribution in [0.25, 0.3) is 0 Å². The standard InChI is InChI=1S/C58H116O2/c1-3-5-7-9-11-13-15-17-19-21-23-25-27-29-30-31-32-33-34-36-38-40-42-44-46-48-50-52-54-56-58(59)60-57-55-53-51-49-47-45-43-41-39-37-35-28-26-24-22-20-18-16-14-12-10-8-6-4-2/h3-57H2,1-2H3. The Hall–Kier alpha value is -0.530. The lowest BCUT2D eigenvalue weighted by molar-refractivity contribution is -0.143. The van der Waals surface area contributed by atoms with Gasteiger partial charge in [-0.05, 0) is 12.8 Å². The molecule has 0 aliphatic heterocycles. The van der Waals surface area contributed by atoms with E-state index in [1.807, 2.05) is 0 Å². The van der Waals surface area contributed by atoms with Gasteiger partial charge < -0.3 is 4.74 Å². The van der Waals surface area contributed by atoms with E-state index in [9.17, 15) is 4.79 Å². The number of carbonyl (C=O) groups is 1. The second-order valence-corrected chi connectivity index (χ2v) is 20.0. The molecule has 60 heavy (non-hydrogen) atoms. The van der Waals surface area contributed by atoms with Gasteiger partial charge in [0.15, 0.2) is 0 Å². The van der Waals surface area contributed by atoms with Gasteiger partial charge >= 0.3 is 5.97 Å². The van der Waals surface area contributed by atoms with Crippen LogP contribution < -0.4 is 0 Å². The van der Waals surface area contributed by atoms with Crippen molar-refractivity contribution in [1.29, 1.82) is 0 Å². The van der Waals surface area contributed by atoms with Gasteiger partial charge in [-0.15, -0.1) is 0 Å². The summed E-state index contributed by atoms with van der Waals surface area (Å²) >= 11 is 0. The Labute approximate surface area is 381 Å². The van der Waals surface area contributed by atoms with Crippen LogP contribution in [0.4, 0.5) is 0 Å². The minimum atomic E-state index is 0.0362. The first-order valence-electron chi connectivity index (χ1n) is 29.0. The van der Waals surface area contributed by atoms with E-state index in [1.165, 1.54) is 327 Å². The Morgan fingerprint density at radius 1 is 0.217 bits per heavy atom. The molecule has 0 radical (unpaired) electrons. The van der Waals surface area contributed by atoms with Crippen LogP contribution in [0.3, 0.4) is 0 Å². The van der Waals surface area contributed by atoms with Gasteiger partial charge in [0.05, 0.1) is 6.61 Å². The Morgan fingerprint density at radius 3 is 0.550 bits per heavy atom. The molecule has 0 N–H and O–H groups in total. The maximum Gasteiger partial charge on any atom is 0.305 e. The van der Waals surface area contributed by atoms with Crippen molar-refractivity contribution in [2.45, 2.75) is 361 Å². The summed E-state index contributed by atoms with van der Waals surface area (Å²) in [6, 6.07) is 0. The highest BCUT2D eigenvalue weighted by Crippen LogP contribution is 2.18. The lowest BCUT2D eigenvalue weighted by Gasteiger charge is -2.06. The van der Waals surface area contributed by atoms with Gasteiger partial charge in [-0.1, -0.05) is 341 Å². The normalized spacial score (nSPS) is 11.6. The molecular formula is C58H116O2. The van der Waals surface area contributed by atoms with Crippen LogP contribution in [0.15, 0.2) is 0 Å². The predicted octanol–water partition coefficient (Wildman–Crippen LogP) is 21.6. The molecule has 0 aliphatic carbocycles. The van der Waals surface area contributed by atoms with Crippen molar-refractivity contribution in [3.63, 3.8) is 0 Å². The highest BCUT2D eigenvalue weighted by molar-refractivity contribution is 5.69. The molecule has 0 spiro atoms. The molecule has 2 nitrogen and oxygen atoms in total. The number of unbranched alkanes of at least 4 members (excludes halogenated alkanes) is 51. The summed E-state index contributed by atoms with van der Waals surface area (Å²) in [5.74, 6) is 0.0362. The molecule has 0 saturated carbocycles. The van der Waals surface area contributed by atoms with Crippen molar-refractivity contribution in [1.82, 2.24) is 0 Å². The molecule has 0 atom stereocenters. The van der Waals surface area contributed by atoms with Gasteiger partial charge in [0.2, 0.25) is 0 Å². The Balaban J connectivity index is 3.14.